The first-order chi connectivity index (χ1) is 9.04. The molecule has 104 valence electrons. The molecule has 0 bridgehead atoms. The van der Waals surface area contributed by atoms with Crippen LogP contribution in [0, 0.1) is 13.8 Å². The average molecular weight is 262 g/mol. The van der Waals surface area contributed by atoms with Crippen LogP contribution >= 0.6 is 0 Å². The number of aliphatic hydroxyl groups is 1. The molecule has 1 saturated heterocycles. The maximum absolute atomic E-state index is 12.0. The van der Waals surface area contributed by atoms with Crippen molar-refractivity contribution in [2.45, 2.75) is 32.8 Å². The van der Waals surface area contributed by atoms with Gasteiger partial charge in [-0.15, -0.1) is 0 Å². The lowest BCUT2D eigenvalue weighted by molar-refractivity contribution is -0.117. The van der Waals surface area contributed by atoms with Gasteiger partial charge in [-0.1, -0.05) is 12.1 Å². The molecule has 0 aliphatic carbocycles. The molecule has 1 heterocycles. The Morgan fingerprint density at radius 2 is 2.05 bits per heavy atom. The van der Waals surface area contributed by atoms with E-state index in [1.165, 1.54) is 0 Å². The molecule has 0 atom stereocenters. The number of anilines is 1. The zero-order chi connectivity index (χ0) is 13.8. The molecule has 0 radical (unpaired) electrons. The topological polar surface area (TPSA) is 52.6 Å². The first-order valence-electron chi connectivity index (χ1n) is 6.82. The largest absolute Gasteiger partial charge is 0.393 e. The van der Waals surface area contributed by atoms with Crippen LogP contribution in [0.5, 0.6) is 0 Å². The second-order valence-corrected chi connectivity index (χ2v) is 5.37. The van der Waals surface area contributed by atoms with Crippen molar-refractivity contribution in [3.63, 3.8) is 0 Å². The highest BCUT2D eigenvalue weighted by Crippen LogP contribution is 2.16. The number of hydrogen-bond donors (Lipinski definition) is 2. The standard InChI is InChI=1S/C15H22N2O2/c1-11-3-4-12(2)14(9-11)16-15(19)10-17-7-5-13(18)6-8-17/h3-4,9,13,18H,5-8,10H2,1-2H3,(H,16,19). The van der Waals surface area contributed by atoms with Crippen LogP contribution in [-0.4, -0.2) is 41.7 Å². The molecule has 1 aromatic carbocycles. The van der Waals surface area contributed by atoms with Crippen LogP contribution in [-0.2, 0) is 4.79 Å². The lowest BCUT2D eigenvalue weighted by Gasteiger charge is -2.28. The van der Waals surface area contributed by atoms with Gasteiger partial charge in [0.15, 0.2) is 0 Å². The Kier molecular flexibility index (Phi) is 4.56. The molecular weight excluding hydrogens is 240 g/mol. The van der Waals surface area contributed by atoms with Gasteiger partial charge in [-0.25, -0.2) is 0 Å². The summed E-state index contributed by atoms with van der Waals surface area (Å²) in [6.45, 7) is 6.00. The third-order valence-corrected chi connectivity index (χ3v) is 3.59. The summed E-state index contributed by atoms with van der Waals surface area (Å²) in [6.07, 6.45) is 1.33. The van der Waals surface area contributed by atoms with E-state index in [4.69, 9.17) is 0 Å². The highest BCUT2D eigenvalue weighted by atomic mass is 16.3. The van der Waals surface area contributed by atoms with Crippen LogP contribution < -0.4 is 5.32 Å². The number of amides is 1. The summed E-state index contributed by atoms with van der Waals surface area (Å²) >= 11 is 0. The molecule has 1 aromatic rings. The molecule has 0 aromatic heterocycles. The summed E-state index contributed by atoms with van der Waals surface area (Å²) in [5.41, 5.74) is 3.11. The third-order valence-electron chi connectivity index (χ3n) is 3.59. The molecule has 0 unspecified atom stereocenters. The third kappa shape index (κ3) is 4.04. The lowest BCUT2D eigenvalue weighted by Crippen LogP contribution is -2.40. The van der Waals surface area contributed by atoms with Crippen molar-refractivity contribution >= 4 is 11.6 Å². The van der Waals surface area contributed by atoms with Crippen molar-refractivity contribution < 1.29 is 9.90 Å². The van der Waals surface area contributed by atoms with Crippen LogP contribution in [0.4, 0.5) is 5.69 Å². The summed E-state index contributed by atoms with van der Waals surface area (Å²) in [7, 11) is 0. The number of piperidine rings is 1. The van der Waals surface area contributed by atoms with Crippen molar-refractivity contribution in [3.05, 3.63) is 29.3 Å². The molecule has 1 aliphatic heterocycles. The minimum atomic E-state index is -0.196. The van der Waals surface area contributed by atoms with Gasteiger partial charge < -0.3 is 10.4 Å². The van der Waals surface area contributed by atoms with Crippen LogP contribution in [0.25, 0.3) is 0 Å². The van der Waals surface area contributed by atoms with E-state index in [1.54, 1.807) is 0 Å². The number of nitrogens with one attached hydrogen (secondary N) is 1. The normalized spacial score (nSPS) is 17.4. The van der Waals surface area contributed by atoms with Gasteiger partial charge in [0.05, 0.1) is 12.6 Å². The van der Waals surface area contributed by atoms with E-state index in [1.807, 2.05) is 32.0 Å². The van der Waals surface area contributed by atoms with Crippen molar-refractivity contribution in [2.24, 2.45) is 0 Å². The smallest absolute Gasteiger partial charge is 0.238 e. The summed E-state index contributed by atoms with van der Waals surface area (Å²) in [6, 6.07) is 6.05. The second kappa shape index (κ2) is 6.17. The fraction of sp³-hybridized carbons (Fsp3) is 0.533. The van der Waals surface area contributed by atoms with E-state index in [-0.39, 0.29) is 12.0 Å². The Bertz CT molecular complexity index is 451. The van der Waals surface area contributed by atoms with E-state index in [0.29, 0.717) is 6.54 Å². The number of nitrogens with zero attached hydrogens (tertiary/aromatic N) is 1. The van der Waals surface area contributed by atoms with Crippen molar-refractivity contribution in [1.29, 1.82) is 0 Å². The number of aryl methyl sites for hydroxylation is 2. The molecule has 1 fully saturated rings. The maximum atomic E-state index is 12.0. The Balaban J connectivity index is 1.89. The van der Waals surface area contributed by atoms with Gasteiger partial charge in [0.25, 0.3) is 0 Å². The maximum Gasteiger partial charge on any atom is 0.238 e. The van der Waals surface area contributed by atoms with Gasteiger partial charge in [-0.05, 0) is 43.9 Å². The van der Waals surface area contributed by atoms with E-state index >= 15 is 0 Å². The quantitative estimate of drug-likeness (QED) is 0.871. The van der Waals surface area contributed by atoms with Gasteiger partial charge >= 0.3 is 0 Å². The zero-order valence-electron chi connectivity index (χ0n) is 11.6. The fourth-order valence-corrected chi connectivity index (χ4v) is 2.34. The number of aliphatic hydroxyl groups excluding tert-OH is 1. The first-order valence-corrected chi connectivity index (χ1v) is 6.82. The highest BCUT2D eigenvalue weighted by Gasteiger charge is 2.19. The number of likely N-dealkylation sites (tertiary alicyclic amines) is 1. The molecule has 0 spiro atoms. The van der Waals surface area contributed by atoms with Gasteiger partial charge in [-0.2, -0.15) is 0 Å². The average Bonchev–Trinajstić information content (AvgIpc) is 2.37. The summed E-state index contributed by atoms with van der Waals surface area (Å²) < 4.78 is 0. The van der Waals surface area contributed by atoms with Gasteiger partial charge in [-0.3, -0.25) is 9.69 Å². The number of rotatable bonds is 3. The monoisotopic (exact) mass is 262 g/mol. The van der Waals surface area contributed by atoms with E-state index in [9.17, 15) is 9.90 Å². The van der Waals surface area contributed by atoms with E-state index in [2.05, 4.69) is 10.2 Å². The Labute approximate surface area is 114 Å². The summed E-state index contributed by atoms with van der Waals surface area (Å²) in [5, 5.41) is 12.4. The van der Waals surface area contributed by atoms with Crippen molar-refractivity contribution in [1.82, 2.24) is 4.90 Å². The SMILES string of the molecule is Cc1ccc(C)c(NC(=O)CN2CCC(O)CC2)c1. The molecule has 19 heavy (non-hydrogen) atoms. The fourth-order valence-electron chi connectivity index (χ4n) is 2.34. The molecule has 1 amide bonds. The number of carbonyl (C=O) groups is 1. The minimum absolute atomic E-state index is 0.0186. The molecular formula is C15H22N2O2. The predicted octanol–water partition coefficient (Wildman–Crippen LogP) is 1.70. The lowest BCUT2D eigenvalue weighted by atomic mass is 10.1. The second-order valence-electron chi connectivity index (χ2n) is 5.37. The number of benzene rings is 1. The summed E-state index contributed by atoms with van der Waals surface area (Å²) in [5.74, 6) is 0.0186. The molecule has 1 aliphatic rings. The molecule has 4 heteroatoms. The molecule has 4 nitrogen and oxygen atoms in total. The minimum Gasteiger partial charge on any atom is -0.393 e. The molecule has 2 rings (SSSR count). The number of hydrogen-bond acceptors (Lipinski definition) is 3. The number of carbonyl (C=O) groups excluding carboxylic acids is 1. The first kappa shape index (κ1) is 14.0. The zero-order valence-corrected chi connectivity index (χ0v) is 11.6. The van der Waals surface area contributed by atoms with Gasteiger partial charge in [0, 0.05) is 18.8 Å². The predicted molar refractivity (Wildman–Crippen MR) is 76.2 cm³/mol. The Morgan fingerprint density at radius 1 is 1.37 bits per heavy atom. The van der Waals surface area contributed by atoms with Crippen LogP contribution in [0.3, 0.4) is 0 Å². The van der Waals surface area contributed by atoms with E-state index in [0.717, 1.165) is 42.7 Å². The van der Waals surface area contributed by atoms with Crippen LogP contribution in [0.1, 0.15) is 24.0 Å². The highest BCUT2D eigenvalue weighted by molar-refractivity contribution is 5.93. The molecule has 2 N–H and O–H groups in total. The van der Waals surface area contributed by atoms with E-state index < -0.39 is 0 Å². The van der Waals surface area contributed by atoms with Crippen molar-refractivity contribution in [2.75, 3.05) is 25.0 Å². The Morgan fingerprint density at radius 3 is 2.74 bits per heavy atom. The van der Waals surface area contributed by atoms with Crippen LogP contribution in [0.2, 0.25) is 0 Å². The Hall–Kier alpha value is -1.39. The van der Waals surface area contributed by atoms with Gasteiger partial charge in [0.1, 0.15) is 0 Å². The molecule has 0 saturated carbocycles. The van der Waals surface area contributed by atoms with Crippen molar-refractivity contribution in [3.8, 4) is 0 Å². The summed E-state index contributed by atoms with van der Waals surface area (Å²) in [4.78, 5) is 14.1. The van der Waals surface area contributed by atoms with Crippen LogP contribution in [0.15, 0.2) is 18.2 Å². The van der Waals surface area contributed by atoms with Gasteiger partial charge in [0.2, 0.25) is 5.91 Å².